The second-order valence-corrected chi connectivity index (χ2v) is 8.93. The van der Waals surface area contributed by atoms with E-state index in [1.54, 1.807) is 32.4 Å². The van der Waals surface area contributed by atoms with E-state index in [1.807, 2.05) is 30.3 Å². The summed E-state index contributed by atoms with van der Waals surface area (Å²) in [4.78, 5) is 19.8. The predicted molar refractivity (Wildman–Crippen MR) is 133 cm³/mol. The number of thioether (sulfide) groups is 1. The zero-order valence-corrected chi connectivity index (χ0v) is 20.2. The Labute approximate surface area is 203 Å². The van der Waals surface area contributed by atoms with Crippen LogP contribution in [0.2, 0.25) is 0 Å². The highest BCUT2D eigenvalue weighted by Gasteiger charge is 2.25. The van der Waals surface area contributed by atoms with E-state index in [-0.39, 0.29) is 11.7 Å². The van der Waals surface area contributed by atoms with Crippen LogP contribution < -0.4 is 14.8 Å². The second kappa shape index (κ2) is 10.6. The third kappa shape index (κ3) is 5.01. The zero-order chi connectivity index (χ0) is 24.1. The van der Waals surface area contributed by atoms with Crippen molar-refractivity contribution in [2.75, 3.05) is 38.9 Å². The highest BCUT2D eigenvalue weighted by atomic mass is 32.2. The topological polar surface area (TPSA) is 87.5 Å². The summed E-state index contributed by atoms with van der Waals surface area (Å²) in [7, 11) is 5.18. The Bertz CT molecular complexity index is 1240. The van der Waals surface area contributed by atoms with Gasteiger partial charge in [0, 0.05) is 42.5 Å². The summed E-state index contributed by atoms with van der Waals surface area (Å²) in [6, 6.07) is 17.5. The largest absolute Gasteiger partial charge is 0.493 e. The van der Waals surface area contributed by atoms with Crippen molar-refractivity contribution in [3.8, 4) is 28.7 Å². The standard InChI is InChI=1S/C26H26N4O3S/c1-30-12-11-21-20(15-30)25(17-7-5-4-6-8-17)19(14-27)26(29-21)34-16-24(31)28-18-9-10-22(32-2)23(13-18)33-3/h4-10,13H,11-12,15-16H2,1-3H3,(H,28,31). The number of pyridine rings is 1. The second-order valence-electron chi connectivity index (χ2n) is 7.96. The quantitative estimate of drug-likeness (QED) is 0.509. The van der Waals surface area contributed by atoms with Crippen LogP contribution in [0.15, 0.2) is 53.6 Å². The molecule has 2 heterocycles. The van der Waals surface area contributed by atoms with Gasteiger partial charge in [-0.25, -0.2) is 4.98 Å². The third-order valence-corrected chi connectivity index (χ3v) is 6.67. The Morgan fingerprint density at radius 1 is 1.18 bits per heavy atom. The first kappa shape index (κ1) is 23.6. The molecule has 0 unspecified atom stereocenters. The molecule has 4 rings (SSSR count). The number of nitrogens with one attached hydrogen (secondary N) is 1. The summed E-state index contributed by atoms with van der Waals surface area (Å²) in [6.07, 6.45) is 0.808. The number of nitriles is 1. The maximum absolute atomic E-state index is 12.7. The summed E-state index contributed by atoms with van der Waals surface area (Å²) < 4.78 is 10.5. The maximum Gasteiger partial charge on any atom is 0.234 e. The first-order valence-electron chi connectivity index (χ1n) is 10.9. The van der Waals surface area contributed by atoms with Crippen LogP contribution >= 0.6 is 11.8 Å². The van der Waals surface area contributed by atoms with Gasteiger partial charge in [0.25, 0.3) is 0 Å². The number of hydrogen-bond acceptors (Lipinski definition) is 7. The number of likely N-dealkylation sites (N-methyl/N-ethyl adjacent to an activating group) is 1. The monoisotopic (exact) mass is 474 g/mol. The van der Waals surface area contributed by atoms with E-state index in [1.165, 1.54) is 11.8 Å². The first-order chi connectivity index (χ1) is 16.5. The SMILES string of the molecule is COc1ccc(NC(=O)CSc2nc3c(c(-c4ccccc4)c2C#N)CN(C)CC3)cc1OC. The molecule has 1 amide bonds. The van der Waals surface area contributed by atoms with Crippen LogP contribution in [-0.2, 0) is 17.8 Å². The minimum Gasteiger partial charge on any atom is -0.493 e. The fourth-order valence-electron chi connectivity index (χ4n) is 4.05. The van der Waals surface area contributed by atoms with Crippen LogP contribution in [0, 0.1) is 11.3 Å². The van der Waals surface area contributed by atoms with Crippen molar-refractivity contribution in [3.63, 3.8) is 0 Å². The Balaban J connectivity index is 1.60. The van der Waals surface area contributed by atoms with Gasteiger partial charge in [0.2, 0.25) is 5.91 Å². The molecule has 0 saturated heterocycles. The molecule has 34 heavy (non-hydrogen) atoms. The molecule has 1 aliphatic rings. The van der Waals surface area contributed by atoms with Crippen LogP contribution in [0.3, 0.4) is 0 Å². The lowest BCUT2D eigenvalue weighted by atomic mass is 9.92. The molecule has 1 aromatic heterocycles. The number of anilines is 1. The van der Waals surface area contributed by atoms with Crippen molar-refractivity contribution in [2.45, 2.75) is 18.0 Å². The van der Waals surface area contributed by atoms with Crippen LogP contribution in [0.4, 0.5) is 5.69 Å². The van der Waals surface area contributed by atoms with E-state index < -0.39 is 0 Å². The Kier molecular flexibility index (Phi) is 7.36. The minimum atomic E-state index is -0.193. The van der Waals surface area contributed by atoms with Gasteiger partial charge < -0.3 is 19.7 Å². The zero-order valence-electron chi connectivity index (χ0n) is 19.4. The van der Waals surface area contributed by atoms with Gasteiger partial charge in [-0.15, -0.1) is 0 Å². The molecule has 174 valence electrons. The molecular formula is C26H26N4O3S. The summed E-state index contributed by atoms with van der Waals surface area (Å²) in [5.41, 5.74) is 5.13. The number of aromatic nitrogens is 1. The normalized spacial score (nSPS) is 13.0. The van der Waals surface area contributed by atoms with Crippen molar-refractivity contribution in [2.24, 2.45) is 0 Å². The van der Waals surface area contributed by atoms with Gasteiger partial charge in [-0.3, -0.25) is 4.79 Å². The molecule has 0 saturated carbocycles. The third-order valence-electron chi connectivity index (χ3n) is 5.69. The molecule has 0 fully saturated rings. The van der Waals surface area contributed by atoms with Crippen molar-refractivity contribution >= 4 is 23.4 Å². The lowest BCUT2D eigenvalue weighted by Gasteiger charge is -2.28. The Hall–Kier alpha value is -3.54. The highest BCUT2D eigenvalue weighted by molar-refractivity contribution is 8.00. The van der Waals surface area contributed by atoms with E-state index in [0.717, 1.165) is 41.9 Å². The lowest BCUT2D eigenvalue weighted by molar-refractivity contribution is -0.113. The number of carbonyl (C=O) groups is 1. The van der Waals surface area contributed by atoms with Crippen molar-refractivity contribution in [1.82, 2.24) is 9.88 Å². The van der Waals surface area contributed by atoms with Crippen molar-refractivity contribution in [1.29, 1.82) is 5.26 Å². The average molecular weight is 475 g/mol. The molecule has 0 spiro atoms. The number of nitrogens with zero attached hydrogens (tertiary/aromatic N) is 3. The number of methoxy groups -OCH3 is 2. The van der Waals surface area contributed by atoms with Gasteiger partial charge in [-0.1, -0.05) is 42.1 Å². The average Bonchev–Trinajstić information content (AvgIpc) is 2.87. The summed E-state index contributed by atoms with van der Waals surface area (Å²) in [5.74, 6) is 1.06. The van der Waals surface area contributed by atoms with Gasteiger partial charge in [-0.2, -0.15) is 5.26 Å². The summed E-state index contributed by atoms with van der Waals surface area (Å²) in [5, 5.41) is 13.6. The van der Waals surface area contributed by atoms with Gasteiger partial charge in [-0.05, 0) is 30.3 Å². The van der Waals surface area contributed by atoms with E-state index in [4.69, 9.17) is 14.5 Å². The molecule has 3 aromatic rings. The van der Waals surface area contributed by atoms with Crippen LogP contribution in [0.5, 0.6) is 11.5 Å². The van der Waals surface area contributed by atoms with Gasteiger partial charge >= 0.3 is 0 Å². The number of amides is 1. The lowest BCUT2D eigenvalue weighted by Crippen LogP contribution is -2.28. The van der Waals surface area contributed by atoms with E-state index >= 15 is 0 Å². The minimum absolute atomic E-state index is 0.128. The Morgan fingerprint density at radius 2 is 1.94 bits per heavy atom. The van der Waals surface area contributed by atoms with Gasteiger partial charge in [0.15, 0.2) is 11.5 Å². The molecule has 0 atom stereocenters. The smallest absolute Gasteiger partial charge is 0.234 e. The molecule has 1 aliphatic heterocycles. The van der Waals surface area contributed by atoms with Gasteiger partial charge in [0.1, 0.15) is 11.1 Å². The molecular weight excluding hydrogens is 448 g/mol. The van der Waals surface area contributed by atoms with Crippen molar-refractivity contribution in [3.05, 3.63) is 65.4 Å². The predicted octanol–water partition coefficient (Wildman–Crippen LogP) is 4.36. The number of ether oxygens (including phenoxy) is 2. The van der Waals surface area contributed by atoms with E-state index in [9.17, 15) is 10.1 Å². The van der Waals surface area contributed by atoms with Crippen LogP contribution in [0.1, 0.15) is 16.8 Å². The van der Waals surface area contributed by atoms with Crippen LogP contribution in [0.25, 0.3) is 11.1 Å². The number of rotatable bonds is 7. The summed E-state index contributed by atoms with van der Waals surface area (Å²) >= 11 is 1.28. The molecule has 0 bridgehead atoms. The number of hydrogen-bond donors (Lipinski definition) is 1. The van der Waals surface area contributed by atoms with Crippen molar-refractivity contribution < 1.29 is 14.3 Å². The number of fused-ring (bicyclic) bond motifs is 1. The Morgan fingerprint density at radius 3 is 2.65 bits per heavy atom. The molecule has 1 N–H and O–H groups in total. The molecule has 0 radical (unpaired) electrons. The summed E-state index contributed by atoms with van der Waals surface area (Å²) in [6.45, 7) is 1.65. The van der Waals surface area contributed by atoms with E-state index in [0.29, 0.717) is 27.8 Å². The molecule has 7 nitrogen and oxygen atoms in total. The first-order valence-corrected chi connectivity index (χ1v) is 11.9. The van der Waals surface area contributed by atoms with Crippen LogP contribution in [-0.4, -0.2) is 49.4 Å². The van der Waals surface area contributed by atoms with Gasteiger partial charge in [0.05, 0.1) is 25.5 Å². The maximum atomic E-state index is 12.7. The number of benzene rings is 2. The molecule has 2 aromatic carbocycles. The fourth-order valence-corrected chi connectivity index (χ4v) is 4.85. The molecule has 0 aliphatic carbocycles. The van der Waals surface area contributed by atoms with E-state index in [2.05, 4.69) is 23.3 Å². The fraction of sp³-hybridized carbons (Fsp3) is 0.269. The number of carbonyl (C=O) groups excluding carboxylic acids is 1. The molecule has 8 heteroatoms. The highest BCUT2D eigenvalue weighted by Crippen LogP contribution is 2.37.